The van der Waals surface area contributed by atoms with E-state index in [1.807, 2.05) is 23.1 Å². The maximum atomic E-state index is 12.8. The molecule has 1 aromatic rings. The minimum atomic E-state index is -0.277. The van der Waals surface area contributed by atoms with Crippen LogP contribution in [0.1, 0.15) is 18.4 Å². The van der Waals surface area contributed by atoms with E-state index >= 15 is 0 Å². The highest BCUT2D eigenvalue weighted by Gasteiger charge is 2.36. The Morgan fingerprint density at radius 1 is 1.15 bits per heavy atom. The number of likely N-dealkylation sites (N-methyl/N-ethyl adjacent to an activating group) is 1. The average molecular weight is 359 g/mol. The average Bonchev–Trinajstić information content (AvgIpc) is 2.72. The fourth-order valence-corrected chi connectivity index (χ4v) is 3.82. The third-order valence-corrected chi connectivity index (χ3v) is 5.45. The number of nitrogens with zero attached hydrogens (tertiary/aromatic N) is 2. The van der Waals surface area contributed by atoms with E-state index in [2.05, 4.69) is 22.3 Å². The molecule has 2 aliphatic heterocycles. The zero-order valence-corrected chi connectivity index (χ0v) is 15.5. The summed E-state index contributed by atoms with van der Waals surface area (Å²) in [7, 11) is 1.66. The van der Waals surface area contributed by atoms with Crippen molar-refractivity contribution in [1.82, 2.24) is 15.1 Å². The molecule has 2 fully saturated rings. The first kappa shape index (κ1) is 18.9. The highest BCUT2D eigenvalue weighted by Crippen LogP contribution is 2.20. The van der Waals surface area contributed by atoms with Crippen molar-refractivity contribution in [2.45, 2.75) is 25.3 Å². The molecule has 0 aromatic heterocycles. The molecule has 0 radical (unpaired) electrons. The van der Waals surface area contributed by atoms with Crippen LogP contribution in [0.25, 0.3) is 0 Å². The number of hydrogen-bond donors (Lipinski definition) is 1. The zero-order chi connectivity index (χ0) is 18.4. The Hall–Kier alpha value is -1.92. The predicted octanol–water partition coefficient (Wildman–Crippen LogP) is 0.915. The summed E-state index contributed by atoms with van der Waals surface area (Å²) < 4.78 is 5.36. The molecule has 1 aromatic carbocycles. The molecule has 1 atom stereocenters. The molecule has 3 rings (SSSR count). The first-order chi connectivity index (χ1) is 12.7. The number of amides is 2. The lowest BCUT2D eigenvalue weighted by Crippen LogP contribution is -2.60. The molecule has 0 saturated carbocycles. The second kappa shape index (κ2) is 9.14. The van der Waals surface area contributed by atoms with Gasteiger partial charge in [-0.3, -0.25) is 14.5 Å². The van der Waals surface area contributed by atoms with E-state index in [9.17, 15) is 9.59 Å². The minimum absolute atomic E-state index is 0.0115. The Morgan fingerprint density at radius 2 is 1.88 bits per heavy atom. The number of carbonyl (C=O) groups excluding carboxylic acids is 2. The predicted molar refractivity (Wildman–Crippen MR) is 99.7 cm³/mol. The molecule has 0 spiro atoms. The van der Waals surface area contributed by atoms with Crippen LogP contribution in [0.15, 0.2) is 30.3 Å². The van der Waals surface area contributed by atoms with Crippen LogP contribution in [0, 0.1) is 5.92 Å². The molecule has 26 heavy (non-hydrogen) atoms. The minimum Gasteiger partial charge on any atom is -0.381 e. The van der Waals surface area contributed by atoms with Crippen molar-refractivity contribution >= 4 is 11.8 Å². The number of carbonyl (C=O) groups is 2. The second-order valence-electron chi connectivity index (χ2n) is 7.07. The van der Waals surface area contributed by atoms with Gasteiger partial charge in [-0.2, -0.15) is 0 Å². The first-order valence-corrected chi connectivity index (χ1v) is 9.55. The molecule has 142 valence electrons. The Kier molecular flexibility index (Phi) is 6.63. The van der Waals surface area contributed by atoms with E-state index in [0.29, 0.717) is 26.3 Å². The van der Waals surface area contributed by atoms with Gasteiger partial charge < -0.3 is 15.0 Å². The van der Waals surface area contributed by atoms with Gasteiger partial charge in [0.25, 0.3) is 0 Å². The maximum absolute atomic E-state index is 12.8. The van der Waals surface area contributed by atoms with Gasteiger partial charge in [0.2, 0.25) is 11.8 Å². The number of nitrogens with one attached hydrogen (secondary N) is 1. The lowest BCUT2D eigenvalue weighted by atomic mass is 9.97. The number of piperazine rings is 1. The molecule has 2 aliphatic rings. The van der Waals surface area contributed by atoms with Crippen molar-refractivity contribution in [1.29, 1.82) is 0 Å². The summed E-state index contributed by atoms with van der Waals surface area (Å²) in [6.45, 7) is 4.04. The summed E-state index contributed by atoms with van der Waals surface area (Å²) in [6.07, 6.45) is 2.48. The van der Waals surface area contributed by atoms with Gasteiger partial charge in [-0.25, -0.2) is 0 Å². The van der Waals surface area contributed by atoms with Crippen LogP contribution < -0.4 is 5.32 Å². The normalized spacial score (nSPS) is 22.2. The largest absolute Gasteiger partial charge is 0.381 e. The Morgan fingerprint density at radius 3 is 2.58 bits per heavy atom. The molecule has 6 nitrogen and oxygen atoms in total. The molecule has 2 amide bonds. The quantitative estimate of drug-likeness (QED) is 0.849. The number of benzene rings is 1. The Balaban J connectivity index is 1.61. The monoisotopic (exact) mass is 359 g/mol. The van der Waals surface area contributed by atoms with Gasteiger partial charge in [0.1, 0.15) is 6.04 Å². The highest BCUT2D eigenvalue weighted by atomic mass is 16.5. The van der Waals surface area contributed by atoms with E-state index in [1.54, 1.807) is 7.05 Å². The molecule has 2 saturated heterocycles. The Bertz CT molecular complexity index is 602. The van der Waals surface area contributed by atoms with Crippen LogP contribution in [0.5, 0.6) is 0 Å². The fourth-order valence-electron chi connectivity index (χ4n) is 3.82. The van der Waals surface area contributed by atoms with Crippen molar-refractivity contribution in [3.8, 4) is 0 Å². The van der Waals surface area contributed by atoms with E-state index in [1.165, 1.54) is 5.56 Å². The molecule has 0 unspecified atom stereocenters. The first-order valence-electron chi connectivity index (χ1n) is 9.55. The van der Waals surface area contributed by atoms with Crippen LogP contribution in [0.3, 0.4) is 0 Å². The molecule has 2 heterocycles. The standard InChI is InChI=1S/C20H29N3O3/c1-21-19(24)18-15-23(20(25)17-8-13-26-14-9-17)12-11-22(18)10-7-16-5-3-2-4-6-16/h2-6,17-18H,7-15H2,1H3,(H,21,24)/t18-/m1/s1. The smallest absolute Gasteiger partial charge is 0.238 e. The summed E-state index contributed by atoms with van der Waals surface area (Å²) in [4.78, 5) is 29.3. The van der Waals surface area contributed by atoms with Gasteiger partial charge in [-0.15, -0.1) is 0 Å². The lowest BCUT2D eigenvalue weighted by molar-refractivity contribution is -0.143. The summed E-state index contributed by atoms with van der Waals surface area (Å²) in [5.74, 6) is 0.220. The SMILES string of the molecule is CNC(=O)[C@H]1CN(C(=O)C2CCOCC2)CCN1CCc1ccccc1. The molecule has 1 N–H and O–H groups in total. The van der Waals surface area contributed by atoms with E-state index in [-0.39, 0.29) is 23.8 Å². The van der Waals surface area contributed by atoms with Crippen LogP contribution in [0.4, 0.5) is 0 Å². The van der Waals surface area contributed by atoms with Gasteiger partial charge >= 0.3 is 0 Å². The molecule has 0 aliphatic carbocycles. The van der Waals surface area contributed by atoms with Crippen LogP contribution in [0.2, 0.25) is 0 Å². The van der Waals surface area contributed by atoms with Gasteiger partial charge in [0.15, 0.2) is 0 Å². The van der Waals surface area contributed by atoms with Gasteiger partial charge in [-0.1, -0.05) is 30.3 Å². The van der Waals surface area contributed by atoms with Crippen LogP contribution >= 0.6 is 0 Å². The van der Waals surface area contributed by atoms with Crippen molar-refractivity contribution in [2.75, 3.05) is 46.4 Å². The maximum Gasteiger partial charge on any atom is 0.238 e. The third-order valence-electron chi connectivity index (χ3n) is 5.45. The summed E-state index contributed by atoms with van der Waals surface area (Å²) >= 11 is 0. The second-order valence-corrected chi connectivity index (χ2v) is 7.07. The molecular formula is C20H29N3O3. The molecular weight excluding hydrogens is 330 g/mol. The molecule has 0 bridgehead atoms. The van der Waals surface area contributed by atoms with Crippen molar-refractivity contribution in [3.63, 3.8) is 0 Å². The van der Waals surface area contributed by atoms with Gasteiger partial charge in [-0.05, 0) is 24.8 Å². The summed E-state index contributed by atoms with van der Waals surface area (Å²) in [5.41, 5.74) is 1.27. The van der Waals surface area contributed by atoms with E-state index in [4.69, 9.17) is 4.74 Å². The molecule has 6 heteroatoms. The topological polar surface area (TPSA) is 61.9 Å². The lowest BCUT2D eigenvalue weighted by Gasteiger charge is -2.41. The van der Waals surface area contributed by atoms with Crippen LogP contribution in [-0.2, 0) is 20.7 Å². The van der Waals surface area contributed by atoms with E-state index < -0.39 is 0 Å². The van der Waals surface area contributed by atoms with Crippen molar-refractivity contribution < 1.29 is 14.3 Å². The van der Waals surface area contributed by atoms with Crippen LogP contribution in [-0.4, -0.2) is 74.1 Å². The van der Waals surface area contributed by atoms with Gasteiger partial charge in [0.05, 0.1) is 0 Å². The van der Waals surface area contributed by atoms with E-state index in [0.717, 1.165) is 32.4 Å². The van der Waals surface area contributed by atoms with Crippen molar-refractivity contribution in [3.05, 3.63) is 35.9 Å². The Labute approximate surface area is 155 Å². The summed E-state index contributed by atoms with van der Waals surface area (Å²) in [5, 5.41) is 2.76. The number of ether oxygens (including phenoxy) is 1. The van der Waals surface area contributed by atoms with Crippen molar-refractivity contribution in [2.24, 2.45) is 5.92 Å². The fraction of sp³-hybridized carbons (Fsp3) is 0.600. The van der Waals surface area contributed by atoms with Gasteiger partial charge in [0, 0.05) is 52.4 Å². The number of rotatable bonds is 5. The zero-order valence-electron chi connectivity index (χ0n) is 15.5. The third kappa shape index (κ3) is 4.62. The number of hydrogen-bond acceptors (Lipinski definition) is 4. The summed E-state index contributed by atoms with van der Waals surface area (Å²) in [6, 6.07) is 10.0. The highest BCUT2D eigenvalue weighted by molar-refractivity contribution is 5.84.